The van der Waals surface area contributed by atoms with E-state index in [4.69, 9.17) is 0 Å². The van der Waals surface area contributed by atoms with E-state index in [1.165, 1.54) is 5.56 Å². The zero-order chi connectivity index (χ0) is 24.4. The Morgan fingerprint density at radius 2 is 1.89 bits per heavy atom. The number of aryl methyl sites for hydroxylation is 2. The van der Waals surface area contributed by atoms with Crippen molar-refractivity contribution in [3.8, 4) is 11.3 Å². The number of carbonyl (C=O) groups is 1. The fourth-order valence-corrected chi connectivity index (χ4v) is 4.49. The van der Waals surface area contributed by atoms with Crippen LogP contribution >= 0.6 is 0 Å². The minimum Gasteiger partial charge on any atom is -0.388 e. The zero-order valence-corrected chi connectivity index (χ0v) is 20.0. The zero-order valence-electron chi connectivity index (χ0n) is 20.0. The summed E-state index contributed by atoms with van der Waals surface area (Å²) in [5.74, 6) is 0.452. The van der Waals surface area contributed by atoms with Gasteiger partial charge in [0, 0.05) is 35.8 Å². The number of aliphatic hydroxyl groups is 1. The second-order valence-electron chi connectivity index (χ2n) is 9.29. The first-order valence-corrected chi connectivity index (χ1v) is 11.9. The molecule has 0 bridgehead atoms. The lowest BCUT2D eigenvalue weighted by Gasteiger charge is -2.32. The molecule has 4 N–H and O–H groups in total. The van der Waals surface area contributed by atoms with Crippen LogP contribution in [0.4, 0.5) is 11.5 Å². The van der Waals surface area contributed by atoms with Gasteiger partial charge in [-0.3, -0.25) is 9.20 Å². The third-order valence-electron chi connectivity index (χ3n) is 6.62. The van der Waals surface area contributed by atoms with E-state index in [1.807, 2.05) is 35.9 Å². The van der Waals surface area contributed by atoms with E-state index in [0.717, 1.165) is 41.2 Å². The molecule has 0 aliphatic carbocycles. The van der Waals surface area contributed by atoms with Crippen molar-refractivity contribution in [1.82, 2.24) is 25.0 Å². The summed E-state index contributed by atoms with van der Waals surface area (Å²) in [6, 6.07) is 13.9. The quantitative estimate of drug-likeness (QED) is 0.343. The van der Waals surface area contributed by atoms with Gasteiger partial charge in [-0.15, -0.1) is 0 Å². The number of nitrogens with zero attached hydrogens (tertiary/aromatic N) is 3. The summed E-state index contributed by atoms with van der Waals surface area (Å²) in [6.07, 6.45) is 6.76. The second-order valence-corrected chi connectivity index (χ2v) is 9.29. The molecule has 2 aromatic carbocycles. The number of benzene rings is 2. The summed E-state index contributed by atoms with van der Waals surface area (Å²) in [5.41, 5.74) is 5.39. The van der Waals surface area contributed by atoms with Crippen LogP contribution in [0.2, 0.25) is 0 Å². The number of aromatic nitrogens is 3. The third kappa shape index (κ3) is 4.89. The highest BCUT2D eigenvalue weighted by Gasteiger charge is 2.29. The van der Waals surface area contributed by atoms with Crippen molar-refractivity contribution in [3.05, 3.63) is 77.7 Å². The molecule has 1 aliphatic rings. The van der Waals surface area contributed by atoms with E-state index < -0.39 is 5.60 Å². The molecule has 1 amide bonds. The average Bonchev–Trinajstić information content (AvgIpc) is 3.29. The smallest absolute Gasteiger partial charge is 0.251 e. The van der Waals surface area contributed by atoms with Crippen LogP contribution in [0.1, 0.15) is 34.3 Å². The maximum atomic E-state index is 12.8. The fraction of sp³-hybridized carbons (Fsp3) is 0.296. The molecule has 0 radical (unpaired) electrons. The summed E-state index contributed by atoms with van der Waals surface area (Å²) in [4.78, 5) is 21.9. The number of fused-ring (bicyclic) bond motifs is 1. The predicted octanol–water partition coefficient (Wildman–Crippen LogP) is 3.60. The Hall–Kier alpha value is -3.75. The number of hydrogen-bond donors (Lipinski definition) is 4. The molecule has 0 spiro atoms. The number of hydrogen-bond acceptors (Lipinski definition) is 6. The van der Waals surface area contributed by atoms with Crippen molar-refractivity contribution < 1.29 is 9.90 Å². The summed E-state index contributed by atoms with van der Waals surface area (Å²) >= 11 is 0. The van der Waals surface area contributed by atoms with Crippen LogP contribution in [0.25, 0.3) is 16.9 Å². The van der Waals surface area contributed by atoms with Crippen molar-refractivity contribution in [2.45, 2.75) is 32.3 Å². The number of nitrogens with one attached hydrogen (secondary N) is 3. The van der Waals surface area contributed by atoms with Gasteiger partial charge in [0.2, 0.25) is 0 Å². The Labute approximate surface area is 204 Å². The van der Waals surface area contributed by atoms with Gasteiger partial charge >= 0.3 is 0 Å². The van der Waals surface area contributed by atoms with E-state index in [0.29, 0.717) is 24.2 Å². The molecule has 4 aromatic rings. The number of imidazole rings is 1. The Morgan fingerprint density at radius 3 is 2.63 bits per heavy atom. The molecule has 0 unspecified atom stereocenters. The second kappa shape index (κ2) is 9.48. The largest absolute Gasteiger partial charge is 0.388 e. The van der Waals surface area contributed by atoms with E-state index in [2.05, 4.69) is 57.1 Å². The first-order valence-electron chi connectivity index (χ1n) is 11.9. The monoisotopic (exact) mass is 470 g/mol. The highest BCUT2D eigenvalue weighted by Crippen LogP contribution is 2.26. The van der Waals surface area contributed by atoms with Crippen LogP contribution < -0.4 is 16.0 Å². The van der Waals surface area contributed by atoms with Crippen LogP contribution in [0.3, 0.4) is 0 Å². The molecule has 1 fully saturated rings. The van der Waals surface area contributed by atoms with Gasteiger partial charge in [0.15, 0.2) is 11.5 Å². The van der Waals surface area contributed by atoms with Crippen LogP contribution in [0.15, 0.2) is 61.1 Å². The SMILES string of the molecule is Cc1ccc(-c2cnc3c(Nc4ccc(C(=O)NCC5(O)CCNCC5)c(C)c4)nccn23)cc1. The van der Waals surface area contributed by atoms with Gasteiger partial charge in [0.05, 0.1) is 17.5 Å². The molecule has 1 saturated heterocycles. The molecule has 8 heteroatoms. The summed E-state index contributed by atoms with van der Waals surface area (Å²) in [5, 5.41) is 20.1. The van der Waals surface area contributed by atoms with Gasteiger partial charge in [0.25, 0.3) is 5.91 Å². The van der Waals surface area contributed by atoms with Crippen molar-refractivity contribution in [3.63, 3.8) is 0 Å². The Bertz CT molecular complexity index is 1360. The maximum absolute atomic E-state index is 12.8. The average molecular weight is 471 g/mol. The van der Waals surface area contributed by atoms with Crippen LogP contribution in [-0.2, 0) is 0 Å². The van der Waals surface area contributed by atoms with E-state index in [1.54, 1.807) is 12.3 Å². The van der Waals surface area contributed by atoms with Crippen LogP contribution in [-0.4, -0.2) is 50.6 Å². The number of carbonyl (C=O) groups excluding carboxylic acids is 1. The highest BCUT2D eigenvalue weighted by atomic mass is 16.3. The molecular weight excluding hydrogens is 440 g/mol. The highest BCUT2D eigenvalue weighted by molar-refractivity contribution is 5.96. The molecule has 0 atom stereocenters. The number of piperidine rings is 1. The molecule has 1 aliphatic heterocycles. The molecule has 35 heavy (non-hydrogen) atoms. The molecule has 2 aromatic heterocycles. The Balaban J connectivity index is 1.32. The molecule has 180 valence electrons. The molecular formula is C27H30N6O2. The van der Waals surface area contributed by atoms with Gasteiger partial charge in [-0.25, -0.2) is 9.97 Å². The van der Waals surface area contributed by atoms with E-state index in [-0.39, 0.29) is 12.5 Å². The van der Waals surface area contributed by atoms with E-state index >= 15 is 0 Å². The first-order chi connectivity index (χ1) is 16.9. The van der Waals surface area contributed by atoms with Crippen LogP contribution in [0.5, 0.6) is 0 Å². The van der Waals surface area contributed by atoms with Crippen molar-refractivity contribution in [2.24, 2.45) is 0 Å². The maximum Gasteiger partial charge on any atom is 0.251 e. The predicted molar refractivity (Wildman–Crippen MR) is 137 cm³/mol. The van der Waals surface area contributed by atoms with Gasteiger partial charge in [0.1, 0.15) is 0 Å². The number of rotatable bonds is 6. The standard InChI is InChI=1S/C27H30N6O2/c1-18-3-5-20(6-4-18)23-16-30-25-24(29-13-14-33(23)25)32-21-7-8-22(19(2)15-21)26(34)31-17-27(35)9-11-28-12-10-27/h3-8,13-16,28,35H,9-12,17H2,1-2H3,(H,29,32)(H,31,34). The Morgan fingerprint density at radius 1 is 1.11 bits per heavy atom. The molecule has 8 nitrogen and oxygen atoms in total. The minimum atomic E-state index is -0.845. The Kier molecular flexibility index (Phi) is 6.23. The van der Waals surface area contributed by atoms with Crippen molar-refractivity contribution in [2.75, 3.05) is 25.0 Å². The van der Waals surface area contributed by atoms with Gasteiger partial charge in [-0.2, -0.15) is 0 Å². The van der Waals surface area contributed by atoms with Gasteiger partial charge in [-0.1, -0.05) is 29.8 Å². The van der Waals surface area contributed by atoms with Crippen LogP contribution in [0, 0.1) is 13.8 Å². The van der Waals surface area contributed by atoms with Gasteiger partial charge in [-0.05, 0) is 63.5 Å². The van der Waals surface area contributed by atoms with Crippen molar-refractivity contribution >= 4 is 23.1 Å². The fourth-order valence-electron chi connectivity index (χ4n) is 4.49. The summed E-state index contributed by atoms with van der Waals surface area (Å²) in [7, 11) is 0. The molecule has 3 heterocycles. The van der Waals surface area contributed by atoms with E-state index in [9.17, 15) is 9.90 Å². The minimum absolute atomic E-state index is 0.183. The number of anilines is 2. The lowest BCUT2D eigenvalue weighted by molar-refractivity contribution is 0.0112. The lowest BCUT2D eigenvalue weighted by atomic mass is 9.92. The normalized spacial score (nSPS) is 15.2. The molecule has 0 saturated carbocycles. The lowest BCUT2D eigenvalue weighted by Crippen LogP contribution is -2.49. The summed E-state index contributed by atoms with van der Waals surface area (Å²) in [6.45, 7) is 5.74. The molecule has 5 rings (SSSR count). The van der Waals surface area contributed by atoms with Gasteiger partial charge < -0.3 is 21.1 Å². The number of amides is 1. The first kappa shape index (κ1) is 23.0. The van der Waals surface area contributed by atoms with Crippen molar-refractivity contribution in [1.29, 1.82) is 0 Å². The summed E-state index contributed by atoms with van der Waals surface area (Å²) < 4.78 is 2.01. The topological polar surface area (TPSA) is 104 Å². The third-order valence-corrected chi connectivity index (χ3v) is 6.62.